The van der Waals surface area contributed by atoms with E-state index in [2.05, 4.69) is 20.1 Å². The van der Waals surface area contributed by atoms with Crippen LogP contribution in [0.2, 0.25) is 0 Å². The van der Waals surface area contributed by atoms with Gasteiger partial charge in [0.2, 0.25) is 11.7 Å². The first-order valence-corrected chi connectivity index (χ1v) is 7.55. The van der Waals surface area contributed by atoms with Crippen LogP contribution in [-0.4, -0.2) is 40.5 Å². The fraction of sp³-hybridized carbons (Fsp3) is 0.400. The second-order valence-electron chi connectivity index (χ2n) is 4.07. The van der Waals surface area contributed by atoms with Gasteiger partial charge in [-0.25, -0.2) is 13.4 Å². The maximum absolute atomic E-state index is 11.1. The summed E-state index contributed by atoms with van der Waals surface area (Å²) in [6.45, 7) is 0. The summed E-state index contributed by atoms with van der Waals surface area (Å²) in [4.78, 5) is 12.0. The van der Waals surface area contributed by atoms with E-state index in [0.717, 1.165) is 6.26 Å². The monoisotopic (exact) mass is 283 g/mol. The van der Waals surface area contributed by atoms with Crippen LogP contribution >= 0.6 is 0 Å². The fourth-order valence-corrected chi connectivity index (χ4v) is 2.05. The number of rotatable bonds is 5. The van der Waals surface area contributed by atoms with E-state index in [-0.39, 0.29) is 23.9 Å². The maximum atomic E-state index is 11.1. The van der Waals surface area contributed by atoms with Crippen molar-refractivity contribution in [2.45, 2.75) is 12.5 Å². The van der Waals surface area contributed by atoms with Gasteiger partial charge in [-0.3, -0.25) is 4.98 Å². The summed E-state index contributed by atoms with van der Waals surface area (Å²) < 4.78 is 27.1. The molecule has 19 heavy (non-hydrogen) atoms. The van der Waals surface area contributed by atoms with E-state index in [0.29, 0.717) is 5.69 Å². The van der Waals surface area contributed by atoms with Gasteiger partial charge in [-0.15, -0.1) is 0 Å². The van der Waals surface area contributed by atoms with E-state index in [1.807, 2.05) is 0 Å². The minimum absolute atomic E-state index is 0.0307. The molecule has 9 heteroatoms. The molecule has 2 rings (SSSR count). The Morgan fingerprint density at radius 2 is 2.21 bits per heavy atom. The van der Waals surface area contributed by atoms with Gasteiger partial charge >= 0.3 is 0 Å². The van der Waals surface area contributed by atoms with Gasteiger partial charge in [0.15, 0.2) is 0 Å². The molecule has 0 aliphatic heterocycles. The lowest BCUT2D eigenvalue weighted by Crippen LogP contribution is -2.16. The largest absolute Gasteiger partial charge is 0.337 e. The highest BCUT2D eigenvalue weighted by atomic mass is 32.2. The summed E-state index contributed by atoms with van der Waals surface area (Å²) >= 11 is 0. The molecule has 1 unspecified atom stereocenters. The highest BCUT2D eigenvalue weighted by Gasteiger charge is 2.18. The summed E-state index contributed by atoms with van der Waals surface area (Å²) in [6.07, 6.45) is 5.91. The lowest BCUT2D eigenvalue weighted by molar-refractivity contribution is 0.352. The van der Waals surface area contributed by atoms with E-state index in [1.165, 1.54) is 18.6 Å². The minimum atomic E-state index is -3.06. The lowest BCUT2D eigenvalue weighted by atomic mass is 10.2. The van der Waals surface area contributed by atoms with Gasteiger partial charge in [0, 0.05) is 18.6 Å². The molecule has 0 aliphatic carbocycles. The molecule has 0 amide bonds. The third-order valence-electron chi connectivity index (χ3n) is 2.35. The quantitative estimate of drug-likeness (QED) is 0.810. The number of sulfone groups is 1. The van der Waals surface area contributed by atoms with E-state index >= 15 is 0 Å². The molecule has 0 saturated carbocycles. The molecule has 2 aromatic rings. The van der Waals surface area contributed by atoms with Gasteiger partial charge in [-0.05, 0) is 6.42 Å². The summed E-state index contributed by atoms with van der Waals surface area (Å²) in [6, 6.07) is -0.618. The molecule has 0 radical (unpaired) electrons. The van der Waals surface area contributed by atoms with Crippen molar-refractivity contribution >= 4 is 9.84 Å². The first-order valence-electron chi connectivity index (χ1n) is 5.49. The Kier molecular flexibility index (Phi) is 3.86. The third-order valence-corrected chi connectivity index (χ3v) is 3.33. The van der Waals surface area contributed by atoms with Crippen LogP contribution in [0.4, 0.5) is 0 Å². The van der Waals surface area contributed by atoms with Crippen LogP contribution in [0.15, 0.2) is 23.1 Å². The number of nitrogens with two attached hydrogens (primary N) is 1. The first-order chi connectivity index (χ1) is 8.96. The van der Waals surface area contributed by atoms with Crippen molar-refractivity contribution in [3.8, 4) is 11.5 Å². The van der Waals surface area contributed by atoms with Crippen LogP contribution in [0.1, 0.15) is 18.4 Å². The number of hydrogen-bond acceptors (Lipinski definition) is 8. The highest BCUT2D eigenvalue weighted by molar-refractivity contribution is 7.90. The van der Waals surface area contributed by atoms with Crippen molar-refractivity contribution in [2.24, 2.45) is 5.73 Å². The Morgan fingerprint density at radius 3 is 2.84 bits per heavy atom. The highest BCUT2D eigenvalue weighted by Crippen LogP contribution is 2.17. The number of nitrogens with zero attached hydrogens (tertiary/aromatic N) is 4. The molecular formula is C10H13N5O3S. The standard InChI is InChI=1S/C10H13N5O3S/c1-19(16,17)5-2-7(11)10-14-9(15-18-10)8-6-12-3-4-13-8/h3-4,6-7H,2,5,11H2,1H3. The molecule has 0 fully saturated rings. The maximum Gasteiger partial charge on any atom is 0.243 e. The topological polar surface area (TPSA) is 125 Å². The van der Waals surface area contributed by atoms with Crippen LogP contribution in [-0.2, 0) is 9.84 Å². The zero-order valence-corrected chi connectivity index (χ0v) is 11.0. The molecule has 2 aromatic heterocycles. The number of aromatic nitrogens is 4. The van der Waals surface area contributed by atoms with Crippen LogP contribution < -0.4 is 5.73 Å². The second kappa shape index (κ2) is 5.41. The normalized spacial score (nSPS) is 13.4. The van der Waals surface area contributed by atoms with Crippen molar-refractivity contribution in [1.29, 1.82) is 0 Å². The van der Waals surface area contributed by atoms with E-state index < -0.39 is 15.9 Å². The Balaban J connectivity index is 2.09. The molecule has 102 valence electrons. The zero-order chi connectivity index (χ0) is 13.9. The van der Waals surface area contributed by atoms with Crippen LogP contribution in [0, 0.1) is 0 Å². The average molecular weight is 283 g/mol. The van der Waals surface area contributed by atoms with Gasteiger partial charge in [-0.2, -0.15) is 4.98 Å². The van der Waals surface area contributed by atoms with Gasteiger partial charge in [-0.1, -0.05) is 5.16 Å². The smallest absolute Gasteiger partial charge is 0.243 e. The Labute approximate surface area is 110 Å². The third kappa shape index (κ3) is 3.80. The summed E-state index contributed by atoms with van der Waals surface area (Å²) in [5, 5.41) is 3.73. The molecule has 0 aliphatic rings. The lowest BCUT2D eigenvalue weighted by Gasteiger charge is -2.04. The Bertz CT molecular complexity index is 640. The molecule has 0 aromatic carbocycles. The molecule has 8 nitrogen and oxygen atoms in total. The summed E-state index contributed by atoms with van der Waals surface area (Å²) in [5.74, 6) is 0.430. The predicted molar refractivity (Wildman–Crippen MR) is 66.6 cm³/mol. The van der Waals surface area contributed by atoms with E-state index in [4.69, 9.17) is 10.3 Å². The van der Waals surface area contributed by atoms with Gasteiger partial charge in [0.25, 0.3) is 0 Å². The van der Waals surface area contributed by atoms with Crippen LogP contribution in [0.5, 0.6) is 0 Å². The number of hydrogen-bond donors (Lipinski definition) is 1. The minimum Gasteiger partial charge on any atom is -0.337 e. The zero-order valence-electron chi connectivity index (χ0n) is 10.2. The van der Waals surface area contributed by atoms with Crippen molar-refractivity contribution in [3.63, 3.8) is 0 Å². The molecule has 2 heterocycles. The Morgan fingerprint density at radius 1 is 1.42 bits per heavy atom. The molecule has 0 bridgehead atoms. The van der Waals surface area contributed by atoms with Crippen LogP contribution in [0.3, 0.4) is 0 Å². The van der Waals surface area contributed by atoms with E-state index in [9.17, 15) is 8.42 Å². The first kappa shape index (κ1) is 13.6. The van der Waals surface area contributed by atoms with Gasteiger partial charge in [0.1, 0.15) is 15.5 Å². The van der Waals surface area contributed by atoms with E-state index in [1.54, 1.807) is 0 Å². The van der Waals surface area contributed by atoms with Gasteiger partial charge < -0.3 is 10.3 Å². The summed E-state index contributed by atoms with van der Waals surface area (Å²) in [7, 11) is -3.06. The van der Waals surface area contributed by atoms with Crippen molar-refractivity contribution in [1.82, 2.24) is 20.1 Å². The molecular weight excluding hydrogens is 270 g/mol. The van der Waals surface area contributed by atoms with Crippen LogP contribution in [0.25, 0.3) is 11.5 Å². The van der Waals surface area contributed by atoms with Crippen molar-refractivity contribution in [2.75, 3.05) is 12.0 Å². The fourth-order valence-electron chi connectivity index (χ4n) is 1.37. The molecule has 0 spiro atoms. The van der Waals surface area contributed by atoms with Crippen molar-refractivity contribution < 1.29 is 12.9 Å². The Hall–Kier alpha value is -1.87. The molecule has 1 atom stereocenters. The average Bonchev–Trinajstić information content (AvgIpc) is 2.86. The van der Waals surface area contributed by atoms with Gasteiger partial charge in [0.05, 0.1) is 18.0 Å². The predicted octanol–water partition coefficient (Wildman–Crippen LogP) is -0.0389. The van der Waals surface area contributed by atoms with Crippen molar-refractivity contribution in [3.05, 3.63) is 24.5 Å². The molecule has 0 saturated heterocycles. The second-order valence-corrected chi connectivity index (χ2v) is 6.33. The SMILES string of the molecule is CS(=O)(=O)CCC(N)c1nc(-c2cnccn2)no1. The molecule has 2 N–H and O–H groups in total. The summed E-state index contributed by atoms with van der Waals surface area (Å²) in [5.41, 5.74) is 6.26.